The topological polar surface area (TPSA) is 58.0 Å². The molecule has 0 spiro atoms. The highest BCUT2D eigenvalue weighted by molar-refractivity contribution is 6.30. The van der Waals surface area contributed by atoms with E-state index in [9.17, 15) is 0 Å². The van der Waals surface area contributed by atoms with Crippen LogP contribution in [0.5, 0.6) is 0 Å². The van der Waals surface area contributed by atoms with Crippen molar-refractivity contribution in [2.45, 2.75) is 18.4 Å². The van der Waals surface area contributed by atoms with Crippen LogP contribution in [0, 0.1) is 0 Å². The van der Waals surface area contributed by atoms with Crippen LogP contribution in [0.25, 0.3) is 0 Å². The van der Waals surface area contributed by atoms with Gasteiger partial charge in [-0.2, -0.15) is 0 Å². The minimum atomic E-state index is -0.173. The number of aliphatic hydroxyl groups excluding tert-OH is 1. The molecule has 1 aromatic heterocycles. The number of hydrogen-bond acceptors (Lipinski definition) is 4. The molecule has 1 aromatic rings. The summed E-state index contributed by atoms with van der Waals surface area (Å²) in [6.07, 6.45) is 5.00. The number of nitrogens with zero attached hydrogens (tertiary/aromatic N) is 2. The van der Waals surface area contributed by atoms with Crippen LogP contribution in [0.1, 0.15) is 12.8 Å². The third kappa shape index (κ3) is 1.89. The molecule has 4 nitrogen and oxygen atoms in total. The number of nitrogens with one attached hydrogen (secondary N) is 1. The maximum Gasteiger partial charge on any atom is 0.223 e. The van der Waals surface area contributed by atoms with Crippen molar-refractivity contribution in [2.24, 2.45) is 0 Å². The molecule has 1 fully saturated rings. The van der Waals surface area contributed by atoms with Crippen molar-refractivity contribution in [3.63, 3.8) is 0 Å². The molecule has 1 saturated carbocycles. The first-order valence-electron chi connectivity index (χ1n) is 4.11. The average molecular weight is 200 g/mol. The second-order valence-corrected chi connectivity index (χ2v) is 3.72. The first-order valence-corrected chi connectivity index (χ1v) is 4.48. The number of hydrogen-bond donors (Lipinski definition) is 2. The molecule has 5 heteroatoms. The fourth-order valence-electron chi connectivity index (χ4n) is 1.09. The van der Waals surface area contributed by atoms with Gasteiger partial charge in [0.15, 0.2) is 0 Å². The highest BCUT2D eigenvalue weighted by Gasteiger charge is 2.42. The van der Waals surface area contributed by atoms with Crippen molar-refractivity contribution >= 4 is 17.5 Å². The van der Waals surface area contributed by atoms with Gasteiger partial charge in [-0.15, -0.1) is 0 Å². The van der Waals surface area contributed by atoms with E-state index in [2.05, 4.69) is 15.3 Å². The molecule has 13 heavy (non-hydrogen) atoms. The highest BCUT2D eigenvalue weighted by atomic mass is 35.5. The lowest BCUT2D eigenvalue weighted by molar-refractivity contribution is 0.265. The zero-order valence-corrected chi connectivity index (χ0v) is 7.75. The molecule has 2 rings (SSSR count). The van der Waals surface area contributed by atoms with E-state index in [4.69, 9.17) is 16.7 Å². The van der Waals surface area contributed by atoms with Crippen LogP contribution < -0.4 is 5.32 Å². The van der Waals surface area contributed by atoms with E-state index in [0.717, 1.165) is 12.8 Å². The predicted molar refractivity (Wildman–Crippen MR) is 49.7 cm³/mol. The van der Waals surface area contributed by atoms with Gasteiger partial charge in [0.2, 0.25) is 5.95 Å². The Hall–Kier alpha value is -0.870. The first-order chi connectivity index (χ1) is 6.24. The Morgan fingerprint density at radius 2 is 2.08 bits per heavy atom. The SMILES string of the molecule is OCC1(Nc2ncc(Cl)cn2)CC1. The monoisotopic (exact) mass is 199 g/mol. The Labute approximate surface area is 81.0 Å². The molecule has 1 heterocycles. The molecule has 0 bridgehead atoms. The van der Waals surface area contributed by atoms with E-state index in [1.165, 1.54) is 12.4 Å². The average Bonchev–Trinajstić information content (AvgIpc) is 2.90. The van der Waals surface area contributed by atoms with E-state index in [1.54, 1.807) is 0 Å². The summed E-state index contributed by atoms with van der Waals surface area (Å²) in [5.74, 6) is 0.524. The highest BCUT2D eigenvalue weighted by Crippen LogP contribution is 2.37. The van der Waals surface area contributed by atoms with E-state index in [0.29, 0.717) is 11.0 Å². The molecule has 0 unspecified atom stereocenters. The van der Waals surface area contributed by atoms with Crippen molar-refractivity contribution in [1.29, 1.82) is 0 Å². The van der Waals surface area contributed by atoms with Crippen LogP contribution in [0.15, 0.2) is 12.4 Å². The summed E-state index contributed by atoms with van der Waals surface area (Å²) in [5.41, 5.74) is -0.173. The zero-order valence-electron chi connectivity index (χ0n) is 7.00. The second kappa shape index (κ2) is 3.12. The van der Waals surface area contributed by atoms with Crippen LogP contribution in [-0.4, -0.2) is 27.2 Å². The number of halogens is 1. The Morgan fingerprint density at radius 1 is 1.46 bits per heavy atom. The third-order valence-electron chi connectivity index (χ3n) is 2.15. The number of aromatic nitrogens is 2. The molecule has 0 atom stereocenters. The summed E-state index contributed by atoms with van der Waals surface area (Å²) in [6.45, 7) is 0.124. The molecule has 2 N–H and O–H groups in total. The second-order valence-electron chi connectivity index (χ2n) is 3.29. The van der Waals surface area contributed by atoms with Gasteiger partial charge < -0.3 is 10.4 Å². The molecule has 1 aliphatic carbocycles. The fraction of sp³-hybridized carbons (Fsp3) is 0.500. The normalized spacial score (nSPS) is 18.3. The summed E-state index contributed by atoms with van der Waals surface area (Å²) in [5, 5.41) is 12.6. The predicted octanol–water partition coefficient (Wildman–Crippen LogP) is 1.07. The third-order valence-corrected chi connectivity index (χ3v) is 2.35. The Kier molecular flexibility index (Phi) is 2.09. The maximum atomic E-state index is 9.03. The molecule has 0 aliphatic heterocycles. The van der Waals surface area contributed by atoms with Crippen molar-refractivity contribution in [1.82, 2.24) is 9.97 Å². The summed E-state index contributed by atoms with van der Waals surface area (Å²) < 4.78 is 0. The summed E-state index contributed by atoms with van der Waals surface area (Å²) in [6, 6.07) is 0. The van der Waals surface area contributed by atoms with E-state index in [-0.39, 0.29) is 12.1 Å². The van der Waals surface area contributed by atoms with E-state index >= 15 is 0 Å². The molecular formula is C8H10ClN3O. The minimum absolute atomic E-state index is 0.124. The van der Waals surface area contributed by atoms with Gasteiger partial charge in [-0.3, -0.25) is 0 Å². The van der Waals surface area contributed by atoms with Crippen LogP contribution in [-0.2, 0) is 0 Å². The van der Waals surface area contributed by atoms with Crippen LogP contribution >= 0.6 is 11.6 Å². The summed E-state index contributed by atoms with van der Waals surface area (Å²) in [7, 11) is 0. The maximum absolute atomic E-state index is 9.03. The standard InChI is InChI=1S/C8H10ClN3O/c9-6-3-10-7(11-4-6)12-8(5-13)1-2-8/h3-4,13H,1-2,5H2,(H,10,11,12). The van der Waals surface area contributed by atoms with Gasteiger partial charge in [-0.1, -0.05) is 11.6 Å². The van der Waals surface area contributed by atoms with Crippen molar-refractivity contribution in [2.75, 3.05) is 11.9 Å². The summed E-state index contributed by atoms with van der Waals surface area (Å²) >= 11 is 5.63. The summed E-state index contributed by atoms with van der Waals surface area (Å²) in [4.78, 5) is 7.97. The van der Waals surface area contributed by atoms with Gasteiger partial charge in [-0.05, 0) is 12.8 Å². The number of rotatable bonds is 3. The van der Waals surface area contributed by atoms with Crippen LogP contribution in [0.4, 0.5) is 5.95 Å². The lowest BCUT2D eigenvalue weighted by Crippen LogP contribution is -2.26. The van der Waals surface area contributed by atoms with Gasteiger partial charge in [0.25, 0.3) is 0 Å². The van der Waals surface area contributed by atoms with Crippen molar-refractivity contribution in [3.8, 4) is 0 Å². The molecular weight excluding hydrogens is 190 g/mol. The Morgan fingerprint density at radius 3 is 2.54 bits per heavy atom. The van der Waals surface area contributed by atoms with Crippen molar-refractivity contribution < 1.29 is 5.11 Å². The minimum Gasteiger partial charge on any atom is -0.394 e. The largest absolute Gasteiger partial charge is 0.394 e. The van der Waals surface area contributed by atoms with E-state index < -0.39 is 0 Å². The quantitative estimate of drug-likeness (QED) is 0.765. The zero-order chi connectivity index (χ0) is 9.31. The van der Waals surface area contributed by atoms with Crippen LogP contribution in [0.3, 0.4) is 0 Å². The van der Waals surface area contributed by atoms with Gasteiger partial charge in [0.1, 0.15) is 0 Å². The Balaban J connectivity index is 2.06. The molecule has 0 aromatic carbocycles. The number of aliphatic hydroxyl groups is 1. The van der Waals surface area contributed by atoms with Gasteiger partial charge in [-0.25, -0.2) is 9.97 Å². The lowest BCUT2D eigenvalue weighted by atomic mass is 10.3. The fourth-order valence-corrected chi connectivity index (χ4v) is 1.19. The van der Waals surface area contributed by atoms with Gasteiger partial charge >= 0.3 is 0 Å². The molecule has 70 valence electrons. The van der Waals surface area contributed by atoms with Crippen molar-refractivity contribution in [3.05, 3.63) is 17.4 Å². The first kappa shape index (κ1) is 8.72. The van der Waals surface area contributed by atoms with Crippen LogP contribution in [0.2, 0.25) is 5.02 Å². The molecule has 0 radical (unpaired) electrons. The molecule has 0 saturated heterocycles. The number of anilines is 1. The van der Waals surface area contributed by atoms with Gasteiger partial charge in [0.05, 0.1) is 29.6 Å². The molecule has 0 amide bonds. The smallest absolute Gasteiger partial charge is 0.223 e. The van der Waals surface area contributed by atoms with E-state index in [1.807, 2.05) is 0 Å². The Bertz CT molecular complexity index is 297. The van der Waals surface area contributed by atoms with Gasteiger partial charge in [0, 0.05) is 0 Å². The lowest BCUT2D eigenvalue weighted by Gasteiger charge is -2.13. The molecule has 1 aliphatic rings.